The van der Waals surface area contributed by atoms with Crippen LogP contribution in [-0.4, -0.2) is 23.1 Å². The highest BCUT2D eigenvalue weighted by molar-refractivity contribution is 6.17. The standard InChI is InChI=1S/C17H17N3O/c1-3-20-16-9-12(2)6-7-14(16)19-15(10-17(20)21)13-5-4-8-18-11-13/h4-9,11H,3,10H2,1-2H3. The van der Waals surface area contributed by atoms with Gasteiger partial charge in [-0.15, -0.1) is 0 Å². The van der Waals surface area contributed by atoms with Gasteiger partial charge in [-0.3, -0.25) is 14.8 Å². The van der Waals surface area contributed by atoms with E-state index in [1.807, 2.05) is 44.2 Å². The number of anilines is 1. The van der Waals surface area contributed by atoms with E-state index in [1.165, 1.54) is 0 Å². The van der Waals surface area contributed by atoms with Crippen LogP contribution in [0.3, 0.4) is 0 Å². The van der Waals surface area contributed by atoms with Crippen molar-refractivity contribution < 1.29 is 4.79 Å². The predicted octanol–water partition coefficient (Wildman–Crippen LogP) is 3.27. The van der Waals surface area contributed by atoms with Crippen molar-refractivity contribution >= 4 is 23.0 Å². The zero-order valence-electron chi connectivity index (χ0n) is 12.2. The van der Waals surface area contributed by atoms with Gasteiger partial charge in [0.25, 0.3) is 0 Å². The summed E-state index contributed by atoms with van der Waals surface area (Å²) in [6.45, 7) is 4.65. The Morgan fingerprint density at radius 2 is 2.14 bits per heavy atom. The van der Waals surface area contributed by atoms with Gasteiger partial charge in [0.2, 0.25) is 5.91 Å². The predicted molar refractivity (Wildman–Crippen MR) is 84.3 cm³/mol. The number of hydrogen-bond acceptors (Lipinski definition) is 3. The van der Waals surface area contributed by atoms with Crippen molar-refractivity contribution in [3.05, 3.63) is 53.9 Å². The Morgan fingerprint density at radius 3 is 2.86 bits per heavy atom. The van der Waals surface area contributed by atoms with Gasteiger partial charge in [-0.05, 0) is 37.6 Å². The Hall–Kier alpha value is -2.49. The van der Waals surface area contributed by atoms with Gasteiger partial charge < -0.3 is 4.90 Å². The Bertz CT molecular complexity index is 707. The molecule has 1 aliphatic rings. The van der Waals surface area contributed by atoms with E-state index in [0.29, 0.717) is 13.0 Å². The first-order valence-corrected chi connectivity index (χ1v) is 7.08. The average Bonchev–Trinajstić information content (AvgIpc) is 2.63. The van der Waals surface area contributed by atoms with E-state index in [1.54, 1.807) is 17.3 Å². The molecule has 4 nitrogen and oxygen atoms in total. The molecule has 1 aromatic heterocycles. The Kier molecular flexibility index (Phi) is 3.52. The molecule has 106 valence electrons. The lowest BCUT2D eigenvalue weighted by atomic mass is 10.1. The highest BCUT2D eigenvalue weighted by atomic mass is 16.2. The van der Waals surface area contributed by atoms with E-state index in [2.05, 4.69) is 4.98 Å². The molecular formula is C17H17N3O. The molecule has 1 aromatic carbocycles. The van der Waals surface area contributed by atoms with E-state index in [9.17, 15) is 4.79 Å². The lowest BCUT2D eigenvalue weighted by Crippen LogP contribution is -2.31. The summed E-state index contributed by atoms with van der Waals surface area (Å²) in [4.78, 5) is 23.2. The smallest absolute Gasteiger partial charge is 0.233 e. The number of rotatable bonds is 2. The summed E-state index contributed by atoms with van der Waals surface area (Å²) < 4.78 is 0. The van der Waals surface area contributed by atoms with Crippen LogP contribution in [-0.2, 0) is 4.79 Å². The summed E-state index contributed by atoms with van der Waals surface area (Å²) in [6, 6.07) is 9.82. The minimum atomic E-state index is 0.0736. The first-order chi connectivity index (χ1) is 10.2. The van der Waals surface area contributed by atoms with Crippen LogP contribution < -0.4 is 4.90 Å². The van der Waals surface area contributed by atoms with E-state index < -0.39 is 0 Å². The second-order valence-electron chi connectivity index (χ2n) is 5.11. The van der Waals surface area contributed by atoms with Crippen molar-refractivity contribution in [3.63, 3.8) is 0 Å². The molecule has 1 aliphatic heterocycles. The van der Waals surface area contributed by atoms with Crippen molar-refractivity contribution in [2.75, 3.05) is 11.4 Å². The molecule has 0 spiro atoms. The molecule has 0 saturated heterocycles. The van der Waals surface area contributed by atoms with Crippen LogP contribution in [0.2, 0.25) is 0 Å². The molecule has 0 radical (unpaired) electrons. The van der Waals surface area contributed by atoms with Gasteiger partial charge in [-0.2, -0.15) is 0 Å². The van der Waals surface area contributed by atoms with Gasteiger partial charge in [0.15, 0.2) is 0 Å². The zero-order valence-corrected chi connectivity index (χ0v) is 12.2. The lowest BCUT2D eigenvalue weighted by molar-refractivity contribution is -0.117. The Balaban J connectivity index is 2.15. The van der Waals surface area contributed by atoms with Crippen molar-refractivity contribution in [3.8, 4) is 0 Å². The number of carbonyl (C=O) groups is 1. The second kappa shape index (κ2) is 5.48. The molecule has 0 N–H and O–H groups in total. The number of nitrogens with zero attached hydrogens (tertiary/aromatic N) is 3. The van der Waals surface area contributed by atoms with Gasteiger partial charge in [-0.1, -0.05) is 12.1 Å². The third-order valence-corrected chi connectivity index (χ3v) is 3.61. The molecule has 0 fully saturated rings. The number of pyridine rings is 1. The highest BCUT2D eigenvalue weighted by Gasteiger charge is 2.23. The monoisotopic (exact) mass is 279 g/mol. The molecule has 0 atom stereocenters. The van der Waals surface area contributed by atoms with Crippen molar-refractivity contribution in [2.45, 2.75) is 20.3 Å². The normalized spacial score (nSPS) is 14.5. The molecule has 2 aromatic rings. The Labute approximate surface area is 124 Å². The number of carbonyl (C=O) groups excluding carboxylic acids is 1. The van der Waals surface area contributed by atoms with Crippen LogP contribution in [0.5, 0.6) is 0 Å². The van der Waals surface area contributed by atoms with E-state index in [0.717, 1.165) is 28.2 Å². The average molecular weight is 279 g/mol. The first kappa shape index (κ1) is 13.5. The molecule has 0 saturated carbocycles. The molecule has 0 bridgehead atoms. The molecular weight excluding hydrogens is 262 g/mol. The molecule has 2 heterocycles. The van der Waals surface area contributed by atoms with Gasteiger partial charge in [-0.25, -0.2) is 0 Å². The van der Waals surface area contributed by atoms with E-state index in [-0.39, 0.29) is 5.91 Å². The number of fused-ring (bicyclic) bond motifs is 1. The number of benzene rings is 1. The van der Waals surface area contributed by atoms with Crippen LogP contribution in [0, 0.1) is 6.92 Å². The van der Waals surface area contributed by atoms with Crippen LogP contribution in [0.4, 0.5) is 11.4 Å². The minimum absolute atomic E-state index is 0.0736. The number of aliphatic imine (C=N–C) groups is 1. The number of amides is 1. The summed E-state index contributed by atoms with van der Waals surface area (Å²) in [5.74, 6) is 0.0736. The molecule has 4 heteroatoms. The van der Waals surface area contributed by atoms with Crippen molar-refractivity contribution in [1.29, 1.82) is 0 Å². The van der Waals surface area contributed by atoms with Crippen LogP contribution >= 0.6 is 0 Å². The maximum atomic E-state index is 12.5. The fourth-order valence-electron chi connectivity index (χ4n) is 2.55. The first-order valence-electron chi connectivity index (χ1n) is 7.08. The van der Waals surface area contributed by atoms with Crippen LogP contribution in [0.25, 0.3) is 0 Å². The van der Waals surface area contributed by atoms with Gasteiger partial charge >= 0.3 is 0 Å². The largest absolute Gasteiger partial charge is 0.310 e. The molecule has 3 rings (SSSR count). The molecule has 0 aliphatic carbocycles. The lowest BCUT2D eigenvalue weighted by Gasteiger charge is -2.20. The van der Waals surface area contributed by atoms with Gasteiger partial charge in [0.05, 0.1) is 23.5 Å². The van der Waals surface area contributed by atoms with Crippen molar-refractivity contribution in [2.24, 2.45) is 4.99 Å². The van der Waals surface area contributed by atoms with Crippen molar-refractivity contribution in [1.82, 2.24) is 4.98 Å². The summed E-state index contributed by atoms with van der Waals surface area (Å²) >= 11 is 0. The van der Waals surface area contributed by atoms with Crippen LogP contribution in [0.1, 0.15) is 24.5 Å². The topological polar surface area (TPSA) is 45.6 Å². The molecule has 0 unspecified atom stereocenters. The second-order valence-corrected chi connectivity index (χ2v) is 5.11. The fourth-order valence-corrected chi connectivity index (χ4v) is 2.55. The SMILES string of the molecule is CCN1C(=O)CC(c2cccnc2)=Nc2ccc(C)cc21. The van der Waals surface area contributed by atoms with Gasteiger partial charge in [0.1, 0.15) is 0 Å². The maximum absolute atomic E-state index is 12.5. The number of aromatic nitrogens is 1. The third-order valence-electron chi connectivity index (χ3n) is 3.61. The summed E-state index contributed by atoms with van der Waals surface area (Å²) in [5, 5.41) is 0. The quantitative estimate of drug-likeness (QED) is 0.847. The number of hydrogen-bond donors (Lipinski definition) is 0. The minimum Gasteiger partial charge on any atom is -0.310 e. The van der Waals surface area contributed by atoms with E-state index in [4.69, 9.17) is 4.99 Å². The Morgan fingerprint density at radius 1 is 1.29 bits per heavy atom. The summed E-state index contributed by atoms with van der Waals surface area (Å²) in [7, 11) is 0. The summed E-state index contributed by atoms with van der Waals surface area (Å²) in [5.41, 5.74) is 4.53. The fraction of sp³-hybridized carbons (Fsp3) is 0.235. The highest BCUT2D eigenvalue weighted by Crippen LogP contribution is 2.33. The third kappa shape index (κ3) is 2.57. The van der Waals surface area contributed by atoms with E-state index >= 15 is 0 Å². The number of aryl methyl sites for hydroxylation is 1. The molecule has 1 amide bonds. The zero-order chi connectivity index (χ0) is 14.8. The molecule has 21 heavy (non-hydrogen) atoms. The van der Waals surface area contributed by atoms with Gasteiger partial charge in [0, 0.05) is 24.5 Å². The van der Waals surface area contributed by atoms with Crippen LogP contribution in [0.15, 0.2) is 47.7 Å². The summed E-state index contributed by atoms with van der Waals surface area (Å²) in [6.07, 6.45) is 3.77. The maximum Gasteiger partial charge on any atom is 0.233 e.